The predicted molar refractivity (Wildman–Crippen MR) is 86.4 cm³/mol. The number of hydrogen-bond acceptors (Lipinski definition) is 4. The van der Waals surface area contributed by atoms with Crippen molar-refractivity contribution < 1.29 is 5.11 Å². The van der Waals surface area contributed by atoms with Crippen molar-refractivity contribution in [3.8, 4) is 0 Å². The molecular weight excluding hydrogens is 262 g/mol. The highest BCUT2D eigenvalue weighted by atomic mass is 16.3. The van der Waals surface area contributed by atoms with Crippen LogP contribution in [-0.4, -0.2) is 58.6 Å². The molecule has 2 fully saturated rings. The number of likely N-dealkylation sites (tertiary alicyclic amines) is 1. The zero-order valence-electron chi connectivity index (χ0n) is 14.1. The number of aliphatic imine (C=N–C) groups is 1. The first-order valence-corrected chi connectivity index (χ1v) is 8.33. The van der Waals surface area contributed by atoms with Crippen LogP contribution in [0.5, 0.6) is 0 Å². The normalized spacial score (nSPS) is 31.3. The van der Waals surface area contributed by atoms with Crippen molar-refractivity contribution in [2.24, 2.45) is 10.4 Å². The molecule has 3 rings (SSSR count). The van der Waals surface area contributed by atoms with Gasteiger partial charge in [0.15, 0.2) is 0 Å². The fourth-order valence-corrected chi connectivity index (χ4v) is 4.24. The average molecular weight is 291 g/mol. The zero-order chi connectivity index (χ0) is 15.4. The van der Waals surface area contributed by atoms with Gasteiger partial charge < -0.3 is 10.0 Å². The van der Waals surface area contributed by atoms with Gasteiger partial charge in [-0.05, 0) is 24.3 Å². The van der Waals surface area contributed by atoms with Crippen LogP contribution in [0, 0.1) is 5.41 Å². The van der Waals surface area contributed by atoms with Crippen LogP contribution >= 0.6 is 0 Å². The van der Waals surface area contributed by atoms with Crippen molar-refractivity contribution in [2.45, 2.75) is 65.6 Å². The van der Waals surface area contributed by atoms with E-state index >= 15 is 0 Å². The van der Waals surface area contributed by atoms with Gasteiger partial charge in [-0.3, -0.25) is 9.89 Å². The van der Waals surface area contributed by atoms with Crippen molar-refractivity contribution in [2.75, 3.05) is 19.6 Å². The van der Waals surface area contributed by atoms with Gasteiger partial charge in [0.05, 0.1) is 18.2 Å². The molecule has 0 aromatic heterocycles. The number of aliphatic hydroxyl groups excluding tert-OH is 1. The van der Waals surface area contributed by atoms with Crippen LogP contribution in [0.15, 0.2) is 16.3 Å². The highest BCUT2D eigenvalue weighted by molar-refractivity contribution is 5.86. The van der Waals surface area contributed by atoms with Crippen LogP contribution in [0.25, 0.3) is 0 Å². The Labute approximate surface area is 128 Å². The smallest absolute Gasteiger partial charge is 0.104 e. The molecule has 2 saturated heterocycles. The molecule has 4 nitrogen and oxygen atoms in total. The van der Waals surface area contributed by atoms with E-state index < -0.39 is 0 Å². The molecule has 0 aromatic rings. The van der Waals surface area contributed by atoms with Crippen LogP contribution in [0.2, 0.25) is 0 Å². The number of aliphatic hydroxyl groups is 1. The molecule has 0 spiro atoms. The van der Waals surface area contributed by atoms with Crippen LogP contribution in [0.3, 0.4) is 0 Å². The maximum Gasteiger partial charge on any atom is 0.104 e. The molecule has 3 aliphatic rings. The number of amidine groups is 1. The SMILES string of the molecule is CCC1=N[C@@H](C)C(C(C)(C)C)=C2C(N3CC(O)C3)CCN12. The van der Waals surface area contributed by atoms with Crippen LogP contribution < -0.4 is 0 Å². The highest BCUT2D eigenvalue weighted by Gasteiger charge is 2.44. The molecule has 2 atom stereocenters. The summed E-state index contributed by atoms with van der Waals surface area (Å²) in [5, 5.41) is 9.66. The maximum absolute atomic E-state index is 9.66. The quantitative estimate of drug-likeness (QED) is 0.848. The second-order valence-corrected chi connectivity index (χ2v) is 7.69. The van der Waals surface area contributed by atoms with E-state index in [4.69, 9.17) is 4.99 Å². The number of hydrogen-bond donors (Lipinski definition) is 1. The van der Waals surface area contributed by atoms with Crippen molar-refractivity contribution in [1.82, 2.24) is 9.80 Å². The summed E-state index contributed by atoms with van der Waals surface area (Å²) in [6, 6.07) is 0.750. The molecule has 21 heavy (non-hydrogen) atoms. The average Bonchev–Trinajstić information content (AvgIpc) is 2.76. The third-order valence-electron chi connectivity index (χ3n) is 5.04. The number of β-amino-alcohol motifs (C(OH)–C–C–N with tert-alkyl or cyclic N) is 1. The summed E-state index contributed by atoms with van der Waals surface area (Å²) in [5.74, 6) is 1.24. The third kappa shape index (κ3) is 2.42. The Hall–Kier alpha value is -0.870. The zero-order valence-corrected chi connectivity index (χ0v) is 14.1. The van der Waals surface area contributed by atoms with Gasteiger partial charge in [0.1, 0.15) is 5.84 Å². The Kier molecular flexibility index (Phi) is 3.65. The lowest BCUT2D eigenvalue weighted by atomic mass is 9.79. The molecule has 118 valence electrons. The summed E-state index contributed by atoms with van der Waals surface area (Å²) in [7, 11) is 0. The summed E-state index contributed by atoms with van der Waals surface area (Å²) >= 11 is 0. The molecule has 0 amide bonds. The molecule has 1 unspecified atom stereocenters. The van der Waals surface area contributed by atoms with Gasteiger partial charge in [-0.1, -0.05) is 27.7 Å². The van der Waals surface area contributed by atoms with Gasteiger partial charge in [-0.15, -0.1) is 0 Å². The Bertz CT molecular complexity index is 483. The molecule has 0 aliphatic carbocycles. The lowest BCUT2D eigenvalue weighted by Gasteiger charge is -2.45. The first-order valence-electron chi connectivity index (χ1n) is 8.33. The minimum atomic E-state index is -0.127. The molecule has 0 aromatic carbocycles. The van der Waals surface area contributed by atoms with Crippen molar-refractivity contribution in [1.29, 1.82) is 0 Å². The van der Waals surface area contributed by atoms with Gasteiger partial charge in [0.25, 0.3) is 0 Å². The predicted octanol–water partition coefficient (Wildman–Crippen LogP) is 2.25. The summed E-state index contributed by atoms with van der Waals surface area (Å²) in [5.41, 5.74) is 3.12. The summed E-state index contributed by atoms with van der Waals surface area (Å²) in [4.78, 5) is 9.87. The molecule has 3 aliphatic heterocycles. The van der Waals surface area contributed by atoms with Crippen LogP contribution in [0.1, 0.15) is 47.5 Å². The Morgan fingerprint density at radius 2 is 1.95 bits per heavy atom. The number of fused-ring (bicyclic) bond motifs is 1. The first-order chi connectivity index (χ1) is 9.82. The van der Waals surface area contributed by atoms with Gasteiger partial charge in [0, 0.05) is 31.8 Å². The largest absolute Gasteiger partial charge is 0.390 e. The Balaban J connectivity index is 2.00. The minimum Gasteiger partial charge on any atom is -0.390 e. The highest BCUT2D eigenvalue weighted by Crippen LogP contribution is 2.43. The van der Waals surface area contributed by atoms with E-state index in [1.54, 1.807) is 0 Å². The summed E-state index contributed by atoms with van der Waals surface area (Å²) < 4.78 is 0. The lowest BCUT2D eigenvalue weighted by Crippen LogP contribution is -2.56. The molecule has 1 N–H and O–H groups in total. The first kappa shape index (κ1) is 15.0. The monoisotopic (exact) mass is 291 g/mol. The fraction of sp³-hybridized carbons (Fsp3) is 0.824. The molecule has 0 radical (unpaired) electrons. The van der Waals surface area contributed by atoms with Gasteiger partial charge >= 0.3 is 0 Å². The number of nitrogens with zero attached hydrogens (tertiary/aromatic N) is 3. The topological polar surface area (TPSA) is 39.1 Å². The number of rotatable bonds is 2. The van der Waals surface area contributed by atoms with E-state index in [-0.39, 0.29) is 17.6 Å². The molecule has 4 heteroatoms. The third-order valence-corrected chi connectivity index (χ3v) is 5.04. The fourth-order valence-electron chi connectivity index (χ4n) is 4.24. The summed E-state index contributed by atoms with van der Waals surface area (Å²) in [6.07, 6.45) is 2.03. The van der Waals surface area contributed by atoms with E-state index in [9.17, 15) is 5.11 Å². The Morgan fingerprint density at radius 1 is 1.29 bits per heavy atom. The second-order valence-electron chi connectivity index (χ2n) is 7.69. The van der Waals surface area contributed by atoms with Crippen molar-refractivity contribution in [3.05, 3.63) is 11.3 Å². The van der Waals surface area contributed by atoms with E-state index in [0.717, 1.165) is 32.5 Å². The minimum absolute atomic E-state index is 0.127. The molecule has 0 saturated carbocycles. The Morgan fingerprint density at radius 3 is 2.48 bits per heavy atom. The standard InChI is InChI=1S/C17H29N3O/c1-6-14-18-11(2)15(17(3,4)5)16-13(7-8-20(14)16)19-9-12(21)10-19/h11-13,21H,6-10H2,1-5H3/t11-,13?/m0/s1. The van der Waals surface area contributed by atoms with Gasteiger partial charge in [-0.2, -0.15) is 0 Å². The van der Waals surface area contributed by atoms with Crippen LogP contribution in [-0.2, 0) is 0 Å². The van der Waals surface area contributed by atoms with E-state index in [0.29, 0.717) is 6.04 Å². The van der Waals surface area contributed by atoms with Crippen LogP contribution in [0.4, 0.5) is 0 Å². The van der Waals surface area contributed by atoms with Gasteiger partial charge in [-0.25, -0.2) is 0 Å². The molecular formula is C17H29N3O. The van der Waals surface area contributed by atoms with Crippen molar-refractivity contribution in [3.63, 3.8) is 0 Å². The molecule has 3 heterocycles. The molecule has 0 bridgehead atoms. The lowest BCUT2D eigenvalue weighted by molar-refractivity contribution is -0.0156. The summed E-state index contributed by atoms with van der Waals surface area (Å²) in [6.45, 7) is 14.1. The van der Waals surface area contributed by atoms with Crippen molar-refractivity contribution >= 4 is 5.84 Å². The van der Waals surface area contributed by atoms with E-state index in [1.165, 1.54) is 17.1 Å². The van der Waals surface area contributed by atoms with E-state index in [1.807, 2.05) is 0 Å². The van der Waals surface area contributed by atoms with E-state index in [2.05, 4.69) is 44.4 Å². The maximum atomic E-state index is 9.66. The van der Waals surface area contributed by atoms with Gasteiger partial charge in [0.2, 0.25) is 0 Å². The second kappa shape index (κ2) is 5.10.